The van der Waals surface area contributed by atoms with Gasteiger partial charge in [-0.1, -0.05) is 54.1 Å². The summed E-state index contributed by atoms with van der Waals surface area (Å²) in [5, 5.41) is 13.7. The van der Waals surface area contributed by atoms with Gasteiger partial charge in [0, 0.05) is 5.02 Å². The molecule has 1 nitrogen and oxygen atoms in total. The van der Waals surface area contributed by atoms with Crippen LogP contribution in [0.2, 0.25) is 5.02 Å². The maximum Gasteiger partial charge on any atom is 0.105 e. The summed E-state index contributed by atoms with van der Waals surface area (Å²) in [6.45, 7) is 4.07. The summed E-state index contributed by atoms with van der Waals surface area (Å²) in [6, 6.07) is 17.9. The number of fused-ring (bicyclic) bond motifs is 1. The zero-order valence-electron chi connectivity index (χ0n) is 12.1. The fourth-order valence-electron chi connectivity index (χ4n) is 2.81. The van der Waals surface area contributed by atoms with E-state index in [0.29, 0.717) is 5.02 Å². The second-order valence-corrected chi connectivity index (χ2v) is 5.92. The summed E-state index contributed by atoms with van der Waals surface area (Å²) in [6.07, 6.45) is -0.673. The Hall–Kier alpha value is -1.83. The molecule has 3 aromatic carbocycles. The topological polar surface area (TPSA) is 20.2 Å². The van der Waals surface area contributed by atoms with E-state index in [-0.39, 0.29) is 0 Å². The lowest BCUT2D eigenvalue weighted by Crippen LogP contribution is -2.01. The lowest BCUT2D eigenvalue weighted by atomic mass is 9.93. The molecule has 1 atom stereocenters. The number of aliphatic hydroxyl groups is 1. The third-order valence-corrected chi connectivity index (χ3v) is 4.07. The van der Waals surface area contributed by atoms with E-state index in [1.54, 1.807) is 0 Å². The van der Waals surface area contributed by atoms with Gasteiger partial charge in [-0.25, -0.2) is 0 Å². The van der Waals surface area contributed by atoms with Crippen LogP contribution in [0.3, 0.4) is 0 Å². The molecule has 0 saturated heterocycles. The van der Waals surface area contributed by atoms with Crippen molar-refractivity contribution in [2.75, 3.05) is 0 Å². The van der Waals surface area contributed by atoms with Gasteiger partial charge in [0.15, 0.2) is 0 Å². The van der Waals surface area contributed by atoms with Gasteiger partial charge < -0.3 is 5.11 Å². The summed E-state index contributed by atoms with van der Waals surface area (Å²) in [5.74, 6) is 0. The van der Waals surface area contributed by atoms with Crippen LogP contribution in [0.15, 0.2) is 54.6 Å². The van der Waals surface area contributed by atoms with Crippen LogP contribution in [0, 0.1) is 13.8 Å². The Balaban J connectivity index is 2.18. The minimum absolute atomic E-state index is 0.653. The average molecular weight is 297 g/mol. The monoisotopic (exact) mass is 296 g/mol. The number of rotatable bonds is 2. The van der Waals surface area contributed by atoms with E-state index in [4.69, 9.17) is 11.6 Å². The molecule has 0 saturated carbocycles. The summed E-state index contributed by atoms with van der Waals surface area (Å²) in [7, 11) is 0. The first-order chi connectivity index (χ1) is 10.1. The predicted octanol–water partition coefficient (Wildman–Crippen LogP) is 5.19. The van der Waals surface area contributed by atoms with Crippen LogP contribution in [0.5, 0.6) is 0 Å². The molecule has 0 aliphatic rings. The molecule has 0 bridgehead atoms. The zero-order chi connectivity index (χ0) is 15.0. The average Bonchev–Trinajstić information content (AvgIpc) is 2.46. The fourth-order valence-corrected chi connectivity index (χ4v) is 3.11. The Kier molecular flexibility index (Phi) is 3.71. The van der Waals surface area contributed by atoms with E-state index in [1.165, 1.54) is 10.9 Å². The molecule has 21 heavy (non-hydrogen) atoms. The molecular weight excluding hydrogens is 280 g/mol. The first-order valence-electron chi connectivity index (χ1n) is 6.99. The number of hydrogen-bond acceptors (Lipinski definition) is 1. The van der Waals surface area contributed by atoms with Gasteiger partial charge in [-0.2, -0.15) is 0 Å². The Morgan fingerprint density at radius 2 is 1.62 bits per heavy atom. The van der Waals surface area contributed by atoms with Crippen LogP contribution in [-0.4, -0.2) is 5.11 Å². The number of hydrogen-bond donors (Lipinski definition) is 1. The Morgan fingerprint density at radius 3 is 2.33 bits per heavy atom. The highest BCUT2D eigenvalue weighted by atomic mass is 35.5. The van der Waals surface area contributed by atoms with Gasteiger partial charge in [0.25, 0.3) is 0 Å². The highest BCUT2D eigenvalue weighted by Gasteiger charge is 2.15. The number of aliphatic hydroxyl groups excluding tert-OH is 1. The largest absolute Gasteiger partial charge is 0.384 e. The normalized spacial score (nSPS) is 12.6. The van der Waals surface area contributed by atoms with E-state index in [1.807, 2.05) is 43.3 Å². The molecular formula is C19H17ClO. The lowest BCUT2D eigenvalue weighted by molar-refractivity contribution is 0.222. The molecule has 3 aromatic rings. The maximum absolute atomic E-state index is 10.8. The molecule has 0 heterocycles. The van der Waals surface area contributed by atoms with Crippen molar-refractivity contribution in [2.24, 2.45) is 0 Å². The molecule has 106 valence electrons. The first kappa shape index (κ1) is 14.1. The Labute approximate surface area is 129 Å². The van der Waals surface area contributed by atoms with Gasteiger partial charge >= 0.3 is 0 Å². The first-order valence-corrected chi connectivity index (χ1v) is 7.37. The van der Waals surface area contributed by atoms with Crippen molar-refractivity contribution in [1.82, 2.24) is 0 Å². The van der Waals surface area contributed by atoms with Crippen molar-refractivity contribution in [3.63, 3.8) is 0 Å². The molecule has 0 fully saturated rings. The van der Waals surface area contributed by atoms with Crippen LogP contribution in [0.1, 0.15) is 28.4 Å². The van der Waals surface area contributed by atoms with Gasteiger partial charge in [0.1, 0.15) is 6.10 Å². The van der Waals surface area contributed by atoms with Gasteiger partial charge in [0.2, 0.25) is 0 Å². The lowest BCUT2D eigenvalue weighted by Gasteiger charge is -2.16. The molecule has 0 spiro atoms. The van der Waals surface area contributed by atoms with Crippen LogP contribution < -0.4 is 0 Å². The molecule has 0 amide bonds. The summed E-state index contributed by atoms with van der Waals surface area (Å²) >= 11 is 6.11. The standard InChI is InChI=1S/C19H17ClO/c1-12-9-14(11-15(20)10-12)19(21)18-8-7-13(2)16-5-3-4-6-17(16)18/h3-11,19,21H,1-2H3. The summed E-state index contributed by atoms with van der Waals surface area (Å²) in [4.78, 5) is 0. The highest BCUT2D eigenvalue weighted by Crippen LogP contribution is 2.32. The molecule has 0 aliphatic carbocycles. The highest BCUT2D eigenvalue weighted by molar-refractivity contribution is 6.30. The predicted molar refractivity (Wildman–Crippen MR) is 88.9 cm³/mol. The third-order valence-electron chi connectivity index (χ3n) is 3.85. The molecule has 0 aromatic heterocycles. The number of aryl methyl sites for hydroxylation is 2. The van der Waals surface area contributed by atoms with Crippen molar-refractivity contribution in [2.45, 2.75) is 20.0 Å². The van der Waals surface area contributed by atoms with Gasteiger partial charge in [-0.05, 0) is 59.0 Å². The number of benzene rings is 3. The quantitative estimate of drug-likeness (QED) is 0.690. The van der Waals surface area contributed by atoms with E-state index >= 15 is 0 Å². The Morgan fingerprint density at radius 1 is 0.905 bits per heavy atom. The molecule has 3 rings (SSSR count). The van der Waals surface area contributed by atoms with Crippen LogP contribution >= 0.6 is 11.6 Å². The minimum atomic E-state index is -0.673. The molecule has 1 unspecified atom stereocenters. The van der Waals surface area contributed by atoms with E-state index in [2.05, 4.69) is 25.1 Å². The van der Waals surface area contributed by atoms with Gasteiger partial charge in [-0.3, -0.25) is 0 Å². The second kappa shape index (κ2) is 5.51. The van der Waals surface area contributed by atoms with Crippen LogP contribution in [0.25, 0.3) is 10.8 Å². The second-order valence-electron chi connectivity index (χ2n) is 5.48. The third kappa shape index (κ3) is 2.67. The number of halogens is 1. The summed E-state index contributed by atoms with van der Waals surface area (Å²) in [5.41, 5.74) is 4.00. The molecule has 1 N–H and O–H groups in total. The van der Waals surface area contributed by atoms with Crippen molar-refractivity contribution < 1.29 is 5.11 Å². The van der Waals surface area contributed by atoms with E-state index in [9.17, 15) is 5.11 Å². The van der Waals surface area contributed by atoms with Crippen molar-refractivity contribution in [3.05, 3.63) is 81.9 Å². The van der Waals surface area contributed by atoms with Crippen molar-refractivity contribution in [1.29, 1.82) is 0 Å². The zero-order valence-corrected chi connectivity index (χ0v) is 12.9. The SMILES string of the molecule is Cc1cc(Cl)cc(C(O)c2ccc(C)c3ccccc23)c1. The summed E-state index contributed by atoms with van der Waals surface area (Å²) < 4.78 is 0. The molecule has 2 heteroatoms. The van der Waals surface area contributed by atoms with Gasteiger partial charge in [-0.15, -0.1) is 0 Å². The fraction of sp³-hybridized carbons (Fsp3) is 0.158. The molecule has 0 aliphatic heterocycles. The van der Waals surface area contributed by atoms with Crippen LogP contribution in [-0.2, 0) is 0 Å². The smallest absolute Gasteiger partial charge is 0.105 e. The van der Waals surface area contributed by atoms with Gasteiger partial charge in [0.05, 0.1) is 0 Å². The van der Waals surface area contributed by atoms with Crippen molar-refractivity contribution in [3.8, 4) is 0 Å². The van der Waals surface area contributed by atoms with Crippen LogP contribution in [0.4, 0.5) is 0 Å². The Bertz CT molecular complexity index is 788. The maximum atomic E-state index is 10.8. The van der Waals surface area contributed by atoms with Crippen molar-refractivity contribution >= 4 is 22.4 Å². The molecule has 0 radical (unpaired) electrons. The minimum Gasteiger partial charge on any atom is -0.384 e. The van der Waals surface area contributed by atoms with E-state index in [0.717, 1.165) is 22.1 Å². The van der Waals surface area contributed by atoms with E-state index < -0.39 is 6.10 Å².